The smallest absolute Gasteiger partial charge is 0.315 e. The zero-order valence-electron chi connectivity index (χ0n) is 12.5. The summed E-state index contributed by atoms with van der Waals surface area (Å²) in [6.07, 6.45) is 1.87. The van der Waals surface area contributed by atoms with Gasteiger partial charge in [-0.15, -0.1) is 10.2 Å². The van der Waals surface area contributed by atoms with E-state index in [9.17, 15) is 4.79 Å². The van der Waals surface area contributed by atoms with Gasteiger partial charge < -0.3 is 10.6 Å². The molecule has 2 amide bonds. The summed E-state index contributed by atoms with van der Waals surface area (Å²) in [5.41, 5.74) is 1.61. The first-order chi connectivity index (χ1) is 11.1. The van der Waals surface area contributed by atoms with Gasteiger partial charge in [0.1, 0.15) is 0 Å². The van der Waals surface area contributed by atoms with Crippen LogP contribution in [0.4, 0.5) is 4.79 Å². The van der Waals surface area contributed by atoms with E-state index in [1.54, 1.807) is 6.07 Å². The molecule has 1 aromatic carbocycles. The first kappa shape index (κ1) is 15.3. The van der Waals surface area contributed by atoms with Gasteiger partial charge >= 0.3 is 6.03 Å². The molecular formula is C16H16ClN5O. The Balaban J connectivity index is 1.62. The third-order valence-electron chi connectivity index (χ3n) is 3.47. The van der Waals surface area contributed by atoms with E-state index in [0.717, 1.165) is 11.2 Å². The number of amides is 2. The van der Waals surface area contributed by atoms with Crippen molar-refractivity contribution < 1.29 is 4.79 Å². The third kappa shape index (κ3) is 3.43. The van der Waals surface area contributed by atoms with Crippen molar-refractivity contribution in [3.05, 3.63) is 65.1 Å². The van der Waals surface area contributed by atoms with Crippen LogP contribution in [0.15, 0.2) is 48.7 Å². The number of carbonyl (C=O) groups is 1. The molecule has 2 heterocycles. The van der Waals surface area contributed by atoms with E-state index in [2.05, 4.69) is 20.8 Å². The Morgan fingerprint density at radius 2 is 2.00 bits per heavy atom. The van der Waals surface area contributed by atoms with Crippen molar-refractivity contribution in [2.75, 3.05) is 0 Å². The standard InChI is InChI=1S/C16H16ClN5O/c1-11(15-21-20-14-8-4-5-9-22(14)15)19-16(23)18-10-12-6-2-3-7-13(12)17/h2-9,11H,10H2,1H3,(H2,18,19,23). The van der Waals surface area contributed by atoms with Crippen molar-refractivity contribution in [1.82, 2.24) is 25.2 Å². The molecule has 6 nitrogen and oxygen atoms in total. The topological polar surface area (TPSA) is 71.3 Å². The number of benzene rings is 1. The van der Waals surface area contributed by atoms with Gasteiger partial charge in [-0.25, -0.2) is 4.79 Å². The van der Waals surface area contributed by atoms with Gasteiger partial charge in [-0.3, -0.25) is 4.40 Å². The average molecular weight is 330 g/mol. The number of nitrogens with one attached hydrogen (secondary N) is 2. The molecule has 1 unspecified atom stereocenters. The maximum Gasteiger partial charge on any atom is 0.315 e. The quantitative estimate of drug-likeness (QED) is 0.773. The summed E-state index contributed by atoms with van der Waals surface area (Å²) in [5.74, 6) is 0.675. The summed E-state index contributed by atoms with van der Waals surface area (Å²) in [7, 11) is 0. The average Bonchev–Trinajstić information content (AvgIpc) is 2.98. The summed E-state index contributed by atoms with van der Waals surface area (Å²) < 4.78 is 1.85. The monoisotopic (exact) mass is 329 g/mol. The fraction of sp³-hybridized carbons (Fsp3) is 0.188. The van der Waals surface area contributed by atoms with Gasteiger partial charge in [-0.2, -0.15) is 0 Å². The van der Waals surface area contributed by atoms with Gasteiger partial charge in [0.05, 0.1) is 6.04 Å². The third-order valence-corrected chi connectivity index (χ3v) is 3.84. The first-order valence-electron chi connectivity index (χ1n) is 7.22. The molecule has 0 radical (unpaired) electrons. The second-order valence-electron chi connectivity index (χ2n) is 5.13. The van der Waals surface area contributed by atoms with Gasteiger partial charge in [0.25, 0.3) is 0 Å². The maximum atomic E-state index is 12.0. The minimum Gasteiger partial charge on any atom is -0.334 e. The van der Waals surface area contributed by atoms with E-state index < -0.39 is 0 Å². The molecule has 0 fully saturated rings. The molecule has 0 aliphatic carbocycles. The lowest BCUT2D eigenvalue weighted by Crippen LogP contribution is -2.37. The Morgan fingerprint density at radius 1 is 1.22 bits per heavy atom. The highest BCUT2D eigenvalue weighted by atomic mass is 35.5. The fourth-order valence-electron chi connectivity index (χ4n) is 2.28. The predicted octanol–water partition coefficient (Wildman–Crippen LogP) is 2.94. The number of pyridine rings is 1. The molecule has 7 heteroatoms. The molecule has 0 aliphatic rings. The molecule has 0 aliphatic heterocycles. The van der Waals surface area contributed by atoms with Crippen LogP contribution in [0.5, 0.6) is 0 Å². The minimum atomic E-state index is -0.287. The molecule has 0 spiro atoms. The van der Waals surface area contributed by atoms with Crippen molar-refractivity contribution >= 4 is 23.3 Å². The summed E-state index contributed by atoms with van der Waals surface area (Å²) in [5, 5.41) is 14.5. The Hall–Kier alpha value is -2.60. The molecule has 2 N–H and O–H groups in total. The highest BCUT2D eigenvalue weighted by molar-refractivity contribution is 6.31. The number of rotatable bonds is 4. The van der Waals surface area contributed by atoms with Crippen LogP contribution < -0.4 is 10.6 Å². The second-order valence-corrected chi connectivity index (χ2v) is 5.53. The number of fused-ring (bicyclic) bond motifs is 1. The summed E-state index contributed by atoms with van der Waals surface area (Å²) in [6.45, 7) is 2.22. The summed E-state index contributed by atoms with van der Waals surface area (Å²) >= 11 is 6.07. The van der Waals surface area contributed by atoms with E-state index in [-0.39, 0.29) is 12.1 Å². The van der Waals surface area contributed by atoms with Gasteiger partial charge in [-0.05, 0) is 30.7 Å². The van der Waals surface area contributed by atoms with Gasteiger partial charge in [0, 0.05) is 17.8 Å². The predicted molar refractivity (Wildman–Crippen MR) is 88.2 cm³/mol. The second kappa shape index (κ2) is 6.66. The van der Waals surface area contributed by atoms with Gasteiger partial charge in [-0.1, -0.05) is 35.9 Å². The lowest BCUT2D eigenvalue weighted by molar-refractivity contribution is 0.237. The van der Waals surface area contributed by atoms with Crippen LogP contribution in [-0.2, 0) is 6.54 Å². The molecule has 0 saturated heterocycles. The van der Waals surface area contributed by atoms with Crippen LogP contribution in [-0.4, -0.2) is 20.6 Å². The maximum absolute atomic E-state index is 12.0. The van der Waals surface area contributed by atoms with Crippen molar-refractivity contribution in [2.24, 2.45) is 0 Å². The Bertz CT molecular complexity index is 832. The van der Waals surface area contributed by atoms with Crippen molar-refractivity contribution in [2.45, 2.75) is 19.5 Å². The van der Waals surface area contributed by atoms with Gasteiger partial charge in [0.2, 0.25) is 0 Å². The summed E-state index contributed by atoms with van der Waals surface area (Å²) in [6, 6.07) is 12.5. The molecule has 0 bridgehead atoms. The number of carbonyl (C=O) groups excluding carboxylic acids is 1. The lowest BCUT2D eigenvalue weighted by atomic mass is 10.2. The molecule has 3 rings (SSSR count). The Kier molecular flexibility index (Phi) is 4.43. The zero-order valence-corrected chi connectivity index (χ0v) is 13.3. The lowest BCUT2D eigenvalue weighted by Gasteiger charge is -2.13. The van der Waals surface area contributed by atoms with E-state index in [1.807, 2.05) is 53.9 Å². The van der Waals surface area contributed by atoms with Crippen molar-refractivity contribution in [1.29, 1.82) is 0 Å². The first-order valence-corrected chi connectivity index (χ1v) is 7.60. The normalized spacial score (nSPS) is 12.1. The molecule has 1 atom stereocenters. The number of hydrogen-bond donors (Lipinski definition) is 2. The molecule has 23 heavy (non-hydrogen) atoms. The highest BCUT2D eigenvalue weighted by Gasteiger charge is 2.15. The Morgan fingerprint density at radius 3 is 2.83 bits per heavy atom. The van der Waals surface area contributed by atoms with E-state index in [1.165, 1.54) is 0 Å². The number of aromatic nitrogens is 3. The van der Waals surface area contributed by atoms with Crippen molar-refractivity contribution in [3.63, 3.8) is 0 Å². The SMILES string of the molecule is CC(NC(=O)NCc1ccccc1Cl)c1nnc2ccccn12. The molecular weight excluding hydrogens is 314 g/mol. The molecule has 3 aromatic rings. The fourth-order valence-corrected chi connectivity index (χ4v) is 2.49. The number of urea groups is 1. The van der Waals surface area contributed by atoms with Crippen LogP contribution in [0.3, 0.4) is 0 Å². The molecule has 118 valence electrons. The minimum absolute atomic E-state index is 0.279. The van der Waals surface area contributed by atoms with E-state index in [0.29, 0.717) is 17.4 Å². The van der Waals surface area contributed by atoms with E-state index >= 15 is 0 Å². The Labute approximate surface area is 138 Å². The number of halogens is 1. The van der Waals surface area contributed by atoms with Gasteiger partial charge in [0.15, 0.2) is 11.5 Å². The van der Waals surface area contributed by atoms with Crippen LogP contribution in [0.2, 0.25) is 5.02 Å². The van der Waals surface area contributed by atoms with Crippen LogP contribution >= 0.6 is 11.6 Å². The molecule has 0 saturated carbocycles. The zero-order chi connectivity index (χ0) is 16.2. The summed E-state index contributed by atoms with van der Waals surface area (Å²) in [4.78, 5) is 12.0. The highest BCUT2D eigenvalue weighted by Crippen LogP contribution is 2.14. The van der Waals surface area contributed by atoms with Crippen LogP contribution in [0.25, 0.3) is 5.65 Å². The largest absolute Gasteiger partial charge is 0.334 e. The van der Waals surface area contributed by atoms with E-state index in [4.69, 9.17) is 11.6 Å². The van der Waals surface area contributed by atoms with Crippen LogP contribution in [0, 0.1) is 0 Å². The molecule has 2 aromatic heterocycles. The number of nitrogens with zero attached hydrogens (tertiary/aromatic N) is 3. The van der Waals surface area contributed by atoms with Crippen LogP contribution in [0.1, 0.15) is 24.4 Å². The van der Waals surface area contributed by atoms with Crippen molar-refractivity contribution in [3.8, 4) is 0 Å². The number of hydrogen-bond acceptors (Lipinski definition) is 3.